The quantitative estimate of drug-likeness (QED) is 0.0774. The summed E-state index contributed by atoms with van der Waals surface area (Å²) < 4.78 is 0. The van der Waals surface area contributed by atoms with Crippen molar-refractivity contribution in [3.05, 3.63) is 0 Å². The van der Waals surface area contributed by atoms with E-state index < -0.39 is 0 Å². The topological polar surface area (TPSA) is 0 Å². The largest absolute Gasteiger partial charge is 1.00 e. The van der Waals surface area contributed by atoms with Crippen molar-refractivity contribution in [2.45, 2.75) is 192 Å². The molecular formula is C32H67Al. The second kappa shape index (κ2) is 28.8. The van der Waals surface area contributed by atoms with E-state index in [2.05, 4.69) is 27.7 Å². The zero-order chi connectivity index (χ0) is 24.2. The van der Waals surface area contributed by atoms with Crippen molar-refractivity contribution in [3.63, 3.8) is 0 Å². The first-order chi connectivity index (χ1) is 16.3. The summed E-state index contributed by atoms with van der Waals surface area (Å²) in [6.45, 7) is 9.36. The second-order valence-electron chi connectivity index (χ2n) is 11.3. The first-order valence-corrected chi connectivity index (χ1v) is 17.7. The van der Waals surface area contributed by atoms with Crippen LogP contribution in [0.4, 0.5) is 0 Å². The SMILES string of the molecule is CCCCCCCCC(CCCCCC)[CH2][Al+][CH2]C(CCCCCC)CCCCCCCC.[H-]. The molecule has 0 aromatic carbocycles. The van der Waals surface area contributed by atoms with Crippen LogP contribution in [0.1, 0.15) is 183 Å². The van der Waals surface area contributed by atoms with Crippen LogP contribution < -0.4 is 0 Å². The van der Waals surface area contributed by atoms with Crippen LogP contribution in [0, 0.1) is 11.8 Å². The summed E-state index contributed by atoms with van der Waals surface area (Å²) in [6, 6.07) is 0. The first-order valence-electron chi connectivity index (χ1n) is 16.1. The maximum Gasteiger partial charge on any atom is -1.00 e. The first kappa shape index (κ1) is 33.5. The minimum absolute atomic E-state index is 0. The molecule has 0 radical (unpaired) electrons. The molecule has 0 N–H and O–H groups in total. The molecule has 0 nitrogen and oxygen atoms in total. The average Bonchev–Trinajstić information content (AvgIpc) is 2.82. The van der Waals surface area contributed by atoms with Gasteiger partial charge in [0.2, 0.25) is 0 Å². The predicted molar refractivity (Wildman–Crippen MR) is 157 cm³/mol. The van der Waals surface area contributed by atoms with E-state index in [1.165, 1.54) is 128 Å². The summed E-state index contributed by atoms with van der Waals surface area (Å²) in [5.74, 6) is 2.13. The molecule has 0 saturated heterocycles. The van der Waals surface area contributed by atoms with Crippen LogP contribution in [0.5, 0.6) is 0 Å². The van der Waals surface area contributed by atoms with Gasteiger partial charge < -0.3 is 1.43 Å². The standard InChI is InChI=1S/2C16H33.Al.H/c2*1-4-6-8-10-11-13-15-16(3)14-12-9-7-5-2;;/h2*16H,3-15H2,1-2H3;;/q;;+1;-1. The second-order valence-corrected chi connectivity index (χ2v) is 12.8. The van der Waals surface area contributed by atoms with Crippen LogP contribution in [-0.2, 0) is 0 Å². The summed E-state index contributed by atoms with van der Waals surface area (Å²) in [6.07, 6.45) is 35.4. The van der Waals surface area contributed by atoms with E-state index in [1.807, 2.05) is 0 Å². The van der Waals surface area contributed by atoms with Gasteiger partial charge in [0.1, 0.15) is 0 Å². The maximum atomic E-state index is 2.35. The minimum atomic E-state index is 0. The van der Waals surface area contributed by atoms with Gasteiger partial charge in [-0.25, -0.2) is 0 Å². The van der Waals surface area contributed by atoms with Gasteiger partial charge in [0.15, 0.2) is 0 Å². The Balaban J connectivity index is 0. The van der Waals surface area contributed by atoms with Crippen LogP contribution in [0.25, 0.3) is 0 Å². The van der Waals surface area contributed by atoms with Crippen molar-refractivity contribution in [2.75, 3.05) is 0 Å². The van der Waals surface area contributed by atoms with Gasteiger partial charge >= 0.3 is 219 Å². The molecule has 2 unspecified atom stereocenters. The van der Waals surface area contributed by atoms with E-state index in [-0.39, 0.29) is 1.43 Å². The molecule has 2 atom stereocenters. The van der Waals surface area contributed by atoms with Crippen molar-refractivity contribution >= 4 is 15.2 Å². The van der Waals surface area contributed by atoms with E-state index in [1.54, 1.807) is 36.2 Å². The summed E-state index contributed by atoms with van der Waals surface area (Å²) >= 11 is 0.692. The van der Waals surface area contributed by atoms with Gasteiger partial charge in [0.25, 0.3) is 0 Å². The third-order valence-corrected chi connectivity index (χ3v) is 9.86. The van der Waals surface area contributed by atoms with Crippen molar-refractivity contribution in [1.29, 1.82) is 0 Å². The Labute approximate surface area is 220 Å². The zero-order valence-electron chi connectivity index (χ0n) is 25.1. The van der Waals surface area contributed by atoms with Gasteiger partial charge in [0.05, 0.1) is 0 Å². The van der Waals surface area contributed by atoms with Gasteiger partial charge in [-0.05, 0) is 0 Å². The third-order valence-electron chi connectivity index (χ3n) is 7.86. The molecule has 33 heavy (non-hydrogen) atoms. The summed E-state index contributed by atoms with van der Waals surface area (Å²) in [7, 11) is 0. The molecule has 0 spiro atoms. The van der Waals surface area contributed by atoms with Crippen LogP contribution in [0.2, 0.25) is 10.6 Å². The molecule has 0 fully saturated rings. The van der Waals surface area contributed by atoms with Gasteiger partial charge in [0, 0.05) is 0 Å². The molecule has 1 heteroatoms. The smallest absolute Gasteiger partial charge is 1.00 e. The molecule has 0 bridgehead atoms. The molecule has 0 aliphatic carbocycles. The van der Waals surface area contributed by atoms with Crippen LogP contribution in [0.15, 0.2) is 0 Å². The Hall–Kier alpha value is 0.532. The number of hydrogen-bond acceptors (Lipinski definition) is 0. The molecule has 0 aromatic heterocycles. The minimum Gasteiger partial charge on any atom is -1.00 e. The predicted octanol–water partition coefficient (Wildman–Crippen LogP) is 12.3. The third kappa shape index (κ3) is 25.4. The van der Waals surface area contributed by atoms with Crippen molar-refractivity contribution in [3.8, 4) is 0 Å². The molecule has 0 aliphatic rings. The average molecular weight is 479 g/mol. The monoisotopic (exact) mass is 479 g/mol. The van der Waals surface area contributed by atoms with Crippen LogP contribution in [0.3, 0.4) is 0 Å². The Kier molecular flexibility index (Phi) is 29.2. The van der Waals surface area contributed by atoms with Crippen LogP contribution in [-0.4, -0.2) is 15.2 Å². The molecule has 0 heterocycles. The molecule has 0 rings (SSSR count). The summed E-state index contributed by atoms with van der Waals surface area (Å²) in [5.41, 5.74) is 0. The fourth-order valence-corrected chi connectivity index (χ4v) is 7.55. The van der Waals surface area contributed by atoms with Gasteiger partial charge in [-0.3, -0.25) is 0 Å². The van der Waals surface area contributed by atoms with E-state index in [0.717, 1.165) is 11.8 Å². The van der Waals surface area contributed by atoms with Crippen molar-refractivity contribution in [2.24, 2.45) is 11.8 Å². The van der Waals surface area contributed by atoms with Crippen LogP contribution >= 0.6 is 0 Å². The van der Waals surface area contributed by atoms with E-state index in [9.17, 15) is 0 Å². The molecule has 0 aromatic rings. The Bertz CT molecular complexity index is 314. The van der Waals surface area contributed by atoms with Gasteiger partial charge in [-0.15, -0.1) is 0 Å². The zero-order valence-corrected chi connectivity index (χ0v) is 25.3. The normalized spacial score (nSPS) is 13.2. The molecule has 0 amide bonds. The van der Waals surface area contributed by atoms with Crippen molar-refractivity contribution < 1.29 is 1.43 Å². The number of hydrogen-bond donors (Lipinski definition) is 0. The van der Waals surface area contributed by atoms with Crippen molar-refractivity contribution in [1.82, 2.24) is 0 Å². The molecule has 198 valence electrons. The Morgan fingerprint density at radius 3 is 0.909 bits per heavy atom. The molecule has 0 saturated carbocycles. The fourth-order valence-electron chi connectivity index (χ4n) is 5.47. The van der Waals surface area contributed by atoms with E-state index in [4.69, 9.17) is 0 Å². The van der Waals surface area contributed by atoms with E-state index >= 15 is 0 Å². The van der Waals surface area contributed by atoms with Gasteiger partial charge in [-0.1, -0.05) is 0 Å². The Morgan fingerprint density at radius 2 is 0.606 bits per heavy atom. The number of rotatable bonds is 28. The molecule has 0 aliphatic heterocycles. The maximum absolute atomic E-state index is 2.35. The number of unbranched alkanes of at least 4 members (excludes halogenated alkanes) is 16. The van der Waals surface area contributed by atoms with Gasteiger partial charge in [-0.2, -0.15) is 0 Å². The van der Waals surface area contributed by atoms with E-state index in [0.29, 0.717) is 15.2 Å². The summed E-state index contributed by atoms with van der Waals surface area (Å²) in [5, 5.41) is 3.23. The fraction of sp³-hybridized carbons (Fsp3) is 1.00. The summed E-state index contributed by atoms with van der Waals surface area (Å²) in [4.78, 5) is 0. The Morgan fingerprint density at radius 1 is 0.364 bits per heavy atom. The molecular weight excluding hydrogens is 411 g/mol.